The van der Waals surface area contributed by atoms with E-state index in [1.165, 1.54) is 0 Å². The monoisotopic (exact) mass is 383 g/mol. The average molecular weight is 384 g/mol. The number of aromatic amines is 1. The fourth-order valence-electron chi connectivity index (χ4n) is 3.12. The number of ether oxygens (including phenoxy) is 2. The van der Waals surface area contributed by atoms with Gasteiger partial charge in [0.25, 0.3) is 5.88 Å². The average Bonchev–Trinajstić information content (AvgIpc) is 3.03. The highest BCUT2D eigenvalue weighted by molar-refractivity contribution is 6.34. The van der Waals surface area contributed by atoms with Crippen molar-refractivity contribution in [2.45, 2.75) is 44.6 Å². The van der Waals surface area contributed by atoms with Gasteiger partial charge in [0.15, 0.2) is 0 Å². The lowest BCUT2D eigenvalue weighted by molar-refractivity contribution is 0.0508. The van der Waals surface area contributed by atoms with Gasteiger partial charge in [0.1, 0.15) is 6.10 Å². The summed E-state index contributed by atoms with van der Waals surface area (Å²) in [5.74, 6) is 0.0929. The Bertz CT molecular complexity index is 722. The van der Waals surface area contributed by atoms with Crippen molar-refractivity contribution in [2.24, 2.45) is 0 Å². The van der Waals surface area contributed by atoms with Crippen LogP contribution in [0.5, 0.6) is 5.88 Å². The van der Waals surface area contributed by atoms with E-state index < -0.39 is 5.97 Å². The Kier molecular flexibility index (Phi) is 5.81. The molecule has 1 aromatic heterocycles. The normalized spacial score (nSPS) is 20.3. The van der Waals surface area contributed by atoms with Gasteiger partial charge in [0.05, 0.1) is 6.61 Å². The van der Waals surface area contributed by atoms with Gasteiger partial charge in [-0.1, -0.05) is 33.5 Å². The van der Waals surface area contributed by atoms with Crippen molar-refractivity contribution in [1.82, 2.24) is 15.4 Å². The molecular formula is C17H19Cl2N3O3. The minimum atomic E-state index is -0.509. The first kappa shape index (κ1) is 18.0. The van der Waals surface area contributed by atoms with Crippen molar-refractivity contribution in [1.29, 1.82) is 0 Å². The molecule has 0 aliphatic heterocycles. The van der Waals surface area contributed by atoms with Crippen LogP contribution in [0, 0.1) is 0 Å². The number of esters is 1. The quantitative estimate of drug-likeness (QED) is 0.774. The van der Waals surface area contributed by atoms with Crippen LogP contribution in [-0.4, -0.2) is 34.1 Å². The standard InChI is InChI=1S/C17H19Cl2N3O3/c1-2-24-17(23)15-16(21-22-20-15)25-14-5-3-10(4-6-14)11-7-12(18)9-13(19)8-11/h7-10,14H,2-6H2,1H3,(H,20,21,22)/t10-,14+. The minimum Gasteiger partial charge on any atom is -0.472 e. The summed E-state index contributed by atoms with van der Waals surface area (Å²) in [5, 5.41) is 11.3. The number of nitrogens with zero attached hydrogens (tertiary/aromatic N) is 2. The third-order valence-electron chi connectivity index (χ3n) is 4.30. The molecule has 25 heavy (non-hydrogen) atoms. The molecule has 1 aromatic carbocycles. The lowest BCUT2D eigenvalue weighted by Crippen LogP contribution is -2.24. The molecule has 1 heterocycles. The van der Waals surface area contributed by atoms with Crippen LogP contribution in [0.25, 0.3) is 0 Å². The minimum absolute atomic E-state index is 0.0100. The summed E-state index contributed by atoms with van der Waals surface area (Å²) in [6.07, 6.45) is 3.60. The number of aromatic nitrogens is 3. The van der Waals surface area contributed by atoms with E-state index in [0.29, 0.717) is 16.0 Å². The largest absolute Gasteiger partial charge is 0.472 e. The van der Waals surface area contributed by atoms with Crippen LogP contribution in [-0.2, 0) is 4.74 Å². The van der Waals surface area contributed by atoms with Crippen LogP contribution in [0.4, 0.5) is 0 Å². The highest BCUT2D eigenvalue weighted by Crippen LogP contribution is 2.36. The summed E-state index contributed by atoms with van der Waals surface area (Å²) in [5.41, 5.74) is 1.31. The number of hydrogen-bond donors (Lipinski definition) is 1. The fraction of sp³-hybridized carbons (Fsp3) is 0.471. The summed E-state index contributed by atoms with van der Waals surface area (Å²) >= 11 is 12.2. The zero-order chi connectivity index (χ0) is 17.8. The molecule has 1 aliphatic carbocycles. The van der Waals surface area contributed by atoms with E-state index >= 15 is 0 Å². The molecule has 0 spiro atoms. The highest BCUT2D eigenvalue weighted by atomic mass is 35.5. The van der Waals surface area contributed by atoms with Gasteiger partial charge in [-0.15, -0.1) is 0 Å². The number of rotatable bonds is 5. The van der Waals surface area contributed by atoms with E-state index in [9.17, 15) is 4.79 Å². The second-order valence-corrected chi connectivity index (χ2v) is 6.88. The molecular weight excluding hydrogens is 365 g/mol. The van der Waals surface area contributed by atoms with Gasteiger partial charge < -0.3 is 9.47 Å². The summed E-state index contributed by atoms with van der Waals surface area (Å²) in [6.45, 7) is 2.02. The molecule has 1 fully saturated rings. The first-order valence-electron chi connectivity index (χ1n) is 8.27. The van der Waals surface area contributed by atoms with Crippen LogP contribution in [0.2, 0.25) is 10.0 Å². The number of benzene rings is 1. The van der Waals surface area contributed by atoms with Crippen molar-refractivity contribution in [3.8, 4) is 5.88 Å². The van der Waals surface area contributed by atoms with Crippen molar-refractivity contribution in [3.63, 3.8) is 0 Å². The molecule has 0 amide bonds. The maximum Gasteiger partial charge on any atom is 0.362 e. The molecule has 0 radical (unpaired) electrons. The lowest BCUT2D eigenvalue weighted by atomic mass is 9.83. The zero-order valence-electron chi connectivity index (χ0n) is 13.8. The van der Waals surface area contributed by atoms with Crippen LogP contribution < -0.4 is 4.74 Å². The van der Waals surface area contributed by atoms with Gasteiger partial charge >= 0.3 is 5.97 Å². The van der Waals surface area contributed by atoms with Crippen LogP contribution in [0.15, 0.2) is 18.2 Å². The molecule has 2 aromatic rings. The van der Waals surface area contributed by atoms with Gasteiger partial charge in [-0.25, -0.2) is 9.89 Å². The molecule has 134 valence electrons. The number of halogens is 2. The van der Waals surface area contributed by atoms with E-state index in [-0.39, 0.29) is 24.3 Å². The smallest absolute Gasteiger partial charge is 0.362 e. The van der Waals surface area contributed by atoms with Gasteiger partial charge in [-0.3, -0.25) is 0 Å². The number of H-pyrrole nitrogens is 1. The Hall–Kier alpha value is -1.79. The number of nitrogens with one attached hydrogen (secondary N) is 1. The molecule has 8 heteroatoms. The van der Waals surface area contributed by atoms with Gasteiger partial charge in [-0.2, -0.15) is 0 Å². The molecule has 1 N–H and O–H groups in total. The van der Waals surface area contributed by atoms with Crippen LogP contribution in [0.3, 0.4) is 0 Å². The molecule has 0 bridgehead atoms. The Morgan fingerprint density at radius 1 is 1.20 bits per heavy atom. The lowest BCUT2D eigenvalue weighted by Gasteiger charge is -2.28. The van der Waals surface area contributed by atoms with Crippen molar-refractivity contribution >= 4 is 29.2 Å². The molecule has 0 saturated heterocycles. The molecule has 1 aliphatic rings. The van der Waals surface area contributed by atoms with Gasteiger partial charge in [-0.05, 0) is 62.3 Å². The topological polar surface area (TPSA) is 77.1 Å². The molecule has 1 saturated carbocycles. The Labute approximate surface area is 155 Å². The third kappa shape index (κ3) is 4.44. The summed E-state index contributed by atoms with van der Waals surface area (Å²) in [4.78, 5) is 11.8. The molecule has 3 rings (SSSR count). The van der Waals surface area contributed by atoms with Crippen molar-refractivity contribution in [3.05, 3.63) is 39.5 Å². The highest BCUT2D eigenvalue weighted by Gasteiger charge is 2.27. The maximum atomic E-state index is 11.8. The van der Waals surface area contributed by atoms with E-state index in [0.717, 1.165) is 31.2 Å². The van der Waals surface area contributed by atoms with Crippen LogP contribution >= 0.6 is 23.2 Å². The number of carbonyl (C=O) groups is 1. The fourth-order valence-corrected chi connectivity index (χ4v) is 3.66. The third-order valence-corrected chi connectivity index (χ3v) is 4.74. The predicted molar refractivity (Wildman–Crippen MR) is 94.4 cm³/mol. The Morgan fingerprint density at radius 3 is 2.52 bits per heavy atom. The predicted octanol–water partition coefficient (Wildman–Crippen LogP) is 4.39. The first-order chi connectivity index (χ1) is 12.1. The molecule has 0 atom stereocenters. The Balaban J connectivity index is 1.60. The van der Waals surface area contributed by atoms with E-state index in [2.05, 4.69) is 15.4 Å². The van der Waals surface area contributed by atoms with Crippen molar-refractivity contribution < 1.29 is 14.3 Å². The SMILES string of the molecule is CCOC(=O)c1[nH]nnc1O[C@H]1CC[C@@H](c2cc(Cl)cc(Cl)c2)CC1. The summed E-state index contributed by atoms with van der Waals surface area (Å²) in [6, 6.07) is 5.67. The number of carbonyl (C=O) groups excluding carboxylic acids is 1. The zero-order valence-corrected chi connectivity index (χ0v) is 15.3. The maximum absolute atomic E-state index is 11.8. The van der Waals surface area contributed by atoms with Gasteiger partial charge in [0.2, 0.25) is 5.69 Å². The number of hydrogen-bond acceptors (Lipinski definition) is 5. The van der Waals surface area contributed by atoms with Crippen molar-refractivity contribution in [2.75, 3.05) is 6.61 Å². The van der Waals surface area contributed by atoms with Gasteiger partial charge in [0, 0.05) is 10.0 Å². The summed E-state index contributed by atoms with van der Waals surface area (Å²) < 4.78 is 10.8. The second kappa shape index (κ2) is 8.06. The molecule has 6 nitrogen and oxygen atoms in total. The second-order valence-electron chi connectivity index (χ2n) is 6.01. The van der Waals surface area contributed by atoms with E-state index in [1.54, 1.807) is 13.0 Å². The molecule has 0 unspecified atom stereocenters. The Morgan fingerprint density at radius 2 is 1.88 bits per heavy atom. The van der Waals surface area contributed by atoms with E-state index in [4.69, 9.17) is 32.7 Å². The first-order valence-corrected chi connectivity index (χ1v) is 9.03. The summed E-state index contributed by atoms with van der Waals surface area (Å²) in [7, 11) is 0. The van der Waals surface area contributed by atoms with Crippen LogP contribution in [0.1, 0.15) is 54.6 Å². The van der Waals surface area contributed by atoms with E-state index in [1.807, 2.05) is 12.1 Å².